The summed E-state index contributed by atoms with van der Waals surface area (Å²) in [6, 6.07) is 7.77. The van der Waals surface area contributed by atoms with E-state index in [4.69, 9.17) is 23.2 Å². The molecule has 0 amide bonds. The van der Waals surface area contributed by atoms with E-state index in [-0.39, 0.29) is 5.38 Å². The van der Waals surface area contributed by atoms with Crippen LogP contribution >= 0.6 is 23.2 Å². The number of imidazole rings is 1. The minimum absolute atomic E-state index is 0.153. The summed E-state index contributed by atoms with van der Waals surface area (Å²) in [5.74, 6) is 0.866. The van der Waals surface area contributed by atoms with E-state index >= 15 is 0 Å². The van der Waals surface area contributed by atoms with Crippen LogP contribution in [-0.2, 0) is 20.0 Å². The van der Waals surface area contributed by atoms with Gasteiger partial charge in [-0.3, -0.25) is 4.68 Å². The number of halogens is 2. The van der Waals surface area contributed by atoms with Gasteiger partial charge in [-0.2, -0.15) is 5.10 Å². The highest BCUT2D eigenvalue weighted by Crippen LogP contribution is 2.26. The van der Waals surface area contributed by atoms with Crippen molar-refractivity contribution in [1.82, 2.24) is 19.3 Å². The van der Waals surface area contributed by atoms with Crippen LogP contribution in [0.2, 0.25) is 5.02 Å². The van der Waals surface area contributed by atoms with Gasteiger partial charge in [0.15, 0.2) is 0 Å². The first-order chi connectivity index (χ1) is 10.0. The largest absolute Gasteiger partial charge is 0.326 e. The minimum atomic E-state index is -0.153. The Labute approximate surface area is 133 Å². The Hall–Kier alpha value is -1.52. The first kappa shape index (κ1) is 14.4. The Morgan fingerprint density at radius 3 is 2.76 bits per heavy atom. The summed E-state index contributed by atoms with van der Waals surface area (Å²) in [5.41, 5.74) is 2.99. The zero-order valence-electron chi connectivity index (χ0n) is 11.9. The normalized spacial score (nSPS) is 13.0. The lowest BCUT2D eigenvalue weighted by Crippen LogP contribution is -2.07. The van der Waals surface area contributed by atoms with Crippen LogP contribution in [0.25, 0.3) is 11.0 Å². The van der Waals surface area contributed by atoms with Crippen LogP contribution in [0.5, 0.6) is 0 Å². The molecule has 0 saturated carbocycles. The van der Waals surface area contributed by atoms with E-state index in [9.17, 15) is 0 Å². The van der Waals surface area contributed by atoms with Gasteiger partial charge in [0.1, 0.15) is 5.82 Å². The van der Waals surface area contributed by atoms with Crippen LogP contribution in [0.3, 0.4) is 0 Å². The second-order valence-corrected chi connectivity index (χ2v) is 6.19. The van der Waals surface area contributed by atoms with Crippen LogP contribution in [0.1, 0.15) is 23.8 Å². The summed E-state index contributed by atoms with van der Waals surface area (Å²) < 4.78 is 3.96. The van der Waals surface area contributed by atoms with Crippen LogP contribution in [0, 0.1) is 0 Å². The van der Waals surface area contributed by atoms with Crippen molar-refractivity contribution in [2.75, 3.05) is 0 Å². The van der Waals surface area contributed by atoms with Gasteiger partial charge in [0.25, 0.3) is 0 Å². The summed E-state index contributed by atoms with van der Waals surface area (Å²) >= 11 is 12.3. The van der Waals surface area contributed by atoms with Crippen LogP contribution < -0.4 is 0 Å². The summed E-state index contributed by atoms with van der Waals surface area (Å²) in [5, 5.41) is 4.94. The highest BCUT2D eigenvalue weighted by molar-refractivity contribution is 6.31. The van der Waals surface area contributed by atoms with Gasteiger partial charge in [-0.25, -0.2) is 4.98 Å². The summed E-state index contributed by atoms with van der Waals surface area (Å²) in [6.45, 7) is 2.73. The molecule has 6 heteroatoms. The molecule has 3 aromatic rings. The van der Waals surface area contributed by atoms with Gasteiger partial charge in [-0.15, -0.1) is 11.6 Å². The molecule has 0 aliphatic heterocycles. The Kier molecular flexibility index (Phi) is 3.91. The fourth-order valence-corrected chi connectivity index (χ4v) is 2.82. The maximum atomic E-state index is 6.27. The van der Waals surface area contributed by atoms with Gasteiger partial charge in [0.2, 0.25) is 0 Å². The van der Waals surface area contributed by atoms with Crippen molar-refractivity contribution in [2.24, 2.45) is 7.05 Å². The molecule has 21 heavy (non-hydrogen) atoms. The Balaban J connectivity index is 1.97. The van der Waals surface area contributed by atoms with E-state index in [0.717, 1.165) is 35.5 Å². The lowest BCUT2D eigenvalue weighted by Gasteiger charge is -2.09. The van der Waals surface area contributed by atoms with Gasteiger partial charge in [0.05, 0.1) is 22.1 Å². The van der Waals surface area contributed by atoms with E-state index in [1.807, 2.05) is 49.1 Å². The molecule has 0 spiro atoms. The number of nitrogens with zero attached hydrogens (tertiary/aromatic N) is 4. The molecule has 1 unspecified atom stereocenters. The zero-order valence-corrected chi connectivity index (χ0v) is 13.4. The average molecular weight is 323 g/mol. The Bertz CT molecular complexity index is 773. The molecule has 0 fully saturated rings. The maximum absolute atomic E-state index is 6.27. The molecule has 0 saturated heterocycles. The van der Waals surface area contributed by atoms with Crippen molar-refractivity contribution >= 4 is 34.2 Å². The molecular weight excluding hydrogens is 307 g/mol. The molecule has 0 radical (unpaired) electrons. The molecule has 0 bridgehead atoms. The van der Waals surface area contributed by atoms with Crippen LogP contribution in [0.15, 0.2) is 30.5 Å². The smallest absolute Gasteiger partial charge is 0.127 e. The Morgan fingerprint density at radius 1 is 1.29 bits per heavy atom. The number of aromatic nitrogens is 4. The fourth-order valence-electron chi connectivity index (χ4n) is 2.48. The van der Waals surface area contributed by atoms with Gasteiger partial charge >= 0.3 is 0 Å². The van der Waals surface area contributed by atoms with E-state index in [2.05, 4.69) is 14.6 Å². The van der Waals surface area contributed by atoms with Crippen molar-refractivity contribution < 1.29 is 0 Å². The topological polar surface area (TPSA) is 35.6 Å². The van der Waals surface area contributed by atoms with Crippen LogP contribution in [0.4, 0.5) is 0 Å². The number of alkyl halides is 1. The molecule has 0 N–H and O–H groups in total. The number of aryl methyl sites for hydroxylation is 3. The average Bonchev–Trinajstić information content (AvgIpc) is 2.99. The Morgan fingerprint density at radius 2 is 2.10 bits per heavy atom. The number of fused-ring (bicyclic) bond motifs is 1. The third-order valence-electron chi connectivity index (χ3n) is 3.46. The monoisotopic (exact) mass is 322 g/mol. The molecule has 2 heterocycles. The molecule has 110 valence electrons. The van der Waals surface area contributed by atoms with Crippen molar-refractivity contribution in [1.29, 1.82) is 0 Å². The van der Waals surface area contributed by atoms with Crippen molar-refractivity contribution in [3.63, 3.8) is 0 Å². The molecule has 1 aromatic carbocycles. The van der Waals surface area contributed by atoms with E-state index < -0.39 is 0 Å². The lowest BCUT2D eigenvalue weighted by atomic mass is 10.3. The summed E-state index contributed by atoms with van der Waals surface area (Å²) in [6.07, 6.45) is 2.79. The maximum Gasteiger partial charge on any atom is 0.127 e. The molecule has 4 nitrogen and oxygen atoms in total. The van der Waals surface area contributed by atoms with Crippen molar-refractivity contribution in [3.05, 3.63) is 47.0 Å². The molecule has 2 aromatic heterocycles. The standard InChI is InChI=1S/C15H16Cl2N4/c1-10(16)15-18-13-9-11(17)3-4-14(13)21(15)8-6-12-5-7-20(2)19-12/h3-5,7,9-10H,6,8H2,1-2H3. The van der Waals surface area contributed by atoms with Gasteiger partial charge in [-0.05, 0) is 31.2 Å². The van der Waals surface area contributed by atoms with Gasteiger partial charge in [-0.1, -0.05) is 11.6 Å². The quantitative estimate of drug-likeness (QED) is 0.681. The minimum Gasteiger partial charge on any atom is -0.326 e. The highest BCUT2D eigenvalue weighted by Gasteiger charge is 2.15. The second kappa shape index (κ2) is 5.70. The molecule has 0 aliphatic carbocycles. The van der Waals surface area contributed by atoms with Crippen molar-refractivity contribution in [3.8, 4) is 0 Å². The third-order valence-corrected chi connectivity index (χ3v) is 3.89. The highest BCUT2D eigenvalue weighted by atomic mass is 35.5. The van der Waals surface area contributed by atoms with E-state index in [0.29, 0.717) is 5.02 Å². The summed E-state index contributed by atoms with van der Waals surface area (Å²) in [4.78, 5) is 4.61. The van der Waals surface area contributed by atoms with E-state index in [1.165, 1.54) is 0 Å². The molecular formula is C15H16Cl2N4. The lowest BCUT2D eigenvalue weighted by molar-refractivity contribution is 0.647. The molecule has 1 atom stereocenters. The zero-order chi connectivity index (χ0) is 15.0. The third kappa shape index (κ3) is 2.92. The van der Waals surface area contributed by atoms with Crippen LogP contribution in [-0.4, -0.2) is 19.3 Å². The fraction of sp³-hybridized carbons (Fsp3) is 0.333. The van der Waals surface area contributed by atoms with Gasteiger partial charge in [0, 0.05) is 31.2 Å². The number of benzene rings is 1. The molecule has 3 rings (SSSR count). The first-order valence-electron chi connectivity index (χ1n) is 6.83. The number of rotatable bonds is 4. The van der Waals surface area contributed by atoms with Crippen molar-refractivity contribution in [2.45, 2.75) is 25.3 Å². The predicted octanol–water partition coefficient (Wildman–Crippen LogP) is 3.97. The SMILES string of the molecule is CC(Cl)c1nc2cc(Cl)ccc2n1CCc1ccn(C)n1. The number of hydrogen-bond acceptors (Lipinski definition) is 2. The summed E-state index contributed by atoms with van der Waals surface area (Å²) in [7, 11) is 1.92. The first-order valence-corrected chi connectivity index (χ1v) is 7.64. The second-order valence-electron chi connectivity index (χ2n) is 5.10. The predicted molar refractivity (Wildman–Crippen MR) is 85.9 cm³/mol. The number of hydrogen-bond donors (Lipinski definition) is 0. The molecule has 0 aliphatic rings. The van der Waals surface area contributed by atoms with E-state index in [1.54, 1.807) is 0 Å². The van der Waals surface area contributed by atoms with Gasteiger partial charge < -0.3 is 4.57 Å².